The molecule has 2 aliphatic carbocycles. The number of imide groups is 1. The number of hydrogen-bond donors (Lipinski definition) is 0. The molecule has 0 bridgehead atoms. The SMILES string of the molecule is O=C(C[C@]1(c2ccccc2F)CC(=O)N(C2CCCC2)C1=O)N1CCN(C2CCCCC2)C(=O)C1. The number of hydrogen-bond acceptors (Lipinski definition) is 4. The van der Waals surface area contributed by atoms with Gasteiger partial charge in [0.25, 0.3) is 0 Å². The molecule has 0 spiro atoms. The molecule has 35 heavy (non-hydrogen) atoms. The summed E-state index contributed by atoms with van der Waals surface area (Å²) >= 11 is 0. The second-order valence-corrected chi connectivity index (χ2v) is 10.6. The summed E-state index contributed by atoms with van der Waals surface area (Å²) < 4.78 is 15.0. The minimum atomic E-state index is -1.56. The smallest absolute Gasteiger partial charge is 0.242 e. The van der Waals surface area contributed by atoms with Crippen LogP contribution in [-0.2, 0) is 24.6 Å². The van der Waals surface area contributed by atoms with Gasteiger partial charge in [-0.15, -0.1) is 0 Å². The fourth-order valence-corrected chi connectivity index (χ4v) is 6.64. The van der Waals surface area contributed by atoms with Crippen LogP contribution in [-0.4, -0.2) is 70.0 Å². The summed E-state index contributed by atoms with van der Waals surface area (Å²) in [6, 6.07) is 6.01. The van der Waals surface area contributed by atoms with Crippen molar-refractivity contribution in [1.29, 1.82) is 0 Å². The van der Waals surface area contributed by atoms with Crippen LogP contribution in [0.4, 0.5) is 4.39 Å². The normalized spacial score (nSPS) is 26.8. The molecule has 0 N–H and O–H groups in total. The summed E-state index contributed by atoms with van der Waals surface area (Å²) in [7, 11) is 0. The molecule has 7 nitrogen and oxygen atoms in total. The molecule has 4 aliphatic rings. The highest BCUT2D eigenvalue weighted by Crippen LogP contribution is 2.44. The number of halogens is 1. The number of amides is 4. The van der Waals surface area contributed by atoms with Crippen LogP contribution < -0.4 is 0 Å². The Balaban J connectivity index is 1.37. The monoisotopic (exact) mass is 483 g/mol. The van der Waals surface area contributed by atoms with Crippen molar-refractivity contribution < 1.29 is 23.6 Å². The van der Waals surface area contributed by atoms with E-state index < -0.39 is 17.1 Å². The van der Waals surface area contributed by atoms with E-state index in [1.165, 1.54) is 34.4 Å². The Morgan fingerprint density at radius 3 is 2.23 bits per heavy atom. The molecule has 0 radical (unpaired) electrons. The van der Waals surface area contributed by atoms with Crippen molar-refractivity contribution in [3.63, 3.8) is 0 Å². The third-order valence-corrected chi connectivity index (χ3v) is 8.51. The fourth-order valence-electron chi connectivity index (χ4n) is 6.64. The lowest BCUT2D eigenvalue weighted by atomic mass is 9.75. The van der Waals surface area contributed by atoms with Gasteiger partial charge in [-0.2, -0.15) is 0 Å². The van der Waals surface area contributed by atoms with E-state index in [2.05, 4.69) is 0 Å². The van der Waals surface area contributed by atoms with Crippen molar-refractivity contribution in [2.24, 2.45) is 0 Å². The molecule has 1 atom stereocenters. The first kappa shape index (κ1) is 23.9. The summed E-state index contributed by atoms with van der Waals surface area (Å²) in [5, 5.41) is 0. The maximum atomic E-state index is 15.0. The Bertz CT molecular complexity index is 1020. The molecular weight excluding hydrogens is 449 g/mol. The number of rotatable bonds is 5. The minimum absolute atomic E-state index is 0.0306. The van der Waals surface area contributed by atoms with Crippen molar-refractivity contribution in [2.45, 2.75) is 88.1 Å². The number of piperazine rings is 1. The van der Waals surface area contributed by atoms with Crippen LogP contribution in [0.5, 0.6) is 0 Å². The van der Waals surface area contributed by atoms with E-state index in [4.69, 9.17) is 0 Å². The van der Waals surface area contributed by atoms with Gasteiger partial charge in [-0.1, -0.05) is 50.3 Å². The van der Waals surface area contributed by atoms with Crippen LogP contribution >= 0.6 is 0 Å². The second-order valence-electron chi connectivity index (χ2n) is 10.6. The van der Waals surface area contributed by atoms with Gasteiger partial charge < -0.3 is 9.80 Å². The van der Waals surface area contributed by atoms with Crippen molar-refractivity contribution in [2.75, 3.05) is 19.6 Å². The summed E-state index contributed by atoms with van der Waals surface area (Å²) in [6.07, 6.45) is 8.31. The number of carbonyl (C=O) groups is 4. The Hall–Kier alpha value is -2.77. The third kappa shape index (κ3) is 4.36. The van der Waals surface area contributed by atoms with Gasteiger partial charge in [0.2, 0.25) is 23.6 Å². The summed E-state index contributed by atoms with van der Waals surface area (Å²) in [5.74, 6) is -1.85. The molecule has 2 heterocycles. The van der Waals surface area contributed by atoms with E-state index >= 15 is 4.39 Å². The van der Waals surface area contributed by atoms with Gasteiger partial charge in [0.1, 0.15) is 5.82 Å². The molecule has 0 aromatic heterocycles. The Labute approximate surface area is 205 Å². The molecule has 8 heteroatoms. The average Bonchev–Trinajstić information content (AvgIpc) is 3.46. The Morgan fingerprint density at radius 2 is 1.54 bits per heavy atom. The first-order valence-electron chi connectivity index (χ1n) is 13.1. The van der Waals surface area contributed by atoms with Gasteiger partial charge in [-0.3, -0.25) is 24.1 Å². The van der Waals surface area contributed by atoms with Gasteiger partial charge in [0, 0.05) is 43.6 Å². The molecule has 2 aliphatic heterocycles. The molecule has 2 saturated carbocycles. The van der Waals surface area contributed by atoms with Crippen molar-refractivity contribution in [3.8, 4) is 0 Å². The quantitative estimate of drug-likeness (QED) is 0.603. The predicted molar refractivity (Wildman–Crippen MR) is 127 cm³/mol. The van der Waals surface area contributed by atoms with E-state index in [9.17, 15) is 19.2 Å². The molecule has 1 aromatic rings. The topological polar surface area (TPSA) is 78.0 Å². The summed E-state index contributed by atoms with van der Waals surface area (Å²) in [5.41, 5.74) is -1.47. The maximum Gasteiger partial charge on any atom is 0.242 e. The Morgan fingerprint density at radius 1 is 0.886 bits per heavy atom. The highest BCUT2D eigenvalue weighted by atomic mass is 19.1. The van der Waals surface area contributed by atoms with Crippen LogP contribution in [0, 0.1) is 5.82 Å². The molecule has 2 saturated heterocycles. The van der Waals surface area contributed by atoms with E-state index in [0.29, 0.717) is 13.1 Å². The van der Waals surface area contributed by atoms with E-state index in [0.717, 1.165) is 51.4 Å². The lowest BCUT2D eigenvalue weighted by Gasteiger charge is -2.41. The van der Waals surface area contributed by atoms with E-state index in [1.54, 1.807) is 6.07 Å². The van der Waals surface area contributed by atoms with Crippen LogP contribution in [0.1, 0.15) is 76.2 Å². The van der Waals surface area contributed by atoms with Crippen LogP contribution in [0.2, 0.25) is 0 Å². The predicted octanol–water partition coefficient (Wildman–Crippen LogP) is 3.16. The van der Waals surface area contributed by atoms with Gasteiger partial charge in [-0.25, -0.2) is 4.39 Å². The van der Waals surface area contributed by atoms with Gasteiger partial charge >= 0.3 is 0 Å². The molecule has 188 valence electrons. The van der Waals surface area contributed by atoms with Crippen LogP contribution in [0.15, 0.2) is 24.3 Å². The maximum absolute atomic E-state index is 15.0. The zero-order valence-electron chi connectivity index (χ0n) is 20.2. The number of likely N-dealkylation sites (tertiary alicyclic amines) is 1. The fraction of sp³-hybridized carbons (Fsp3) is 0.630. The number of nitrogens with zero attached hydrogens (tertiary/aromatic N) is 3. The van der Waals surface area contributed by atoms with Crippen molar-refractivity contribution >= 4 is 23.6 Å². The lowest BCUT2D eigenvalue weighted by Crippen LogP contribution is -2.56. The molecule has 4 fully saturated rings. The molecule has 0 unspecified atom stereocenters. The van der Waals surface area contributed by atoms with E-state index in [-0.39, 0.29) is 54.8 Å². The Kier molecular flexibility index (Phi) is 6.64. The van der Waals surface area contributed by atoms with Gasteiger partial charge in [-0.05, 0) is 31.7 Å². The van der Waals surface area contributed by atoms with Gasteiger partial charge in [0.15, 0.2) is 0 Å². The number of benzene rings is 1. The lowest BCUT2D eigenvalue weighted by molar-refractivity contribution is -0.149. The highest BCUT2D eigenvalue weighted by Gasteiger charge is 2.57. The second kappa shape index (κ2) is 9.70. The summed E-state index contributed by atoms with van der Waals surface area (Å²) in [4.78, 5) is 58.0. The van der Waals surface area contributed by atoms with Crippen molar-refractivity contribution in [3.05, 3.63) is 35.6 Å². The molecule has 1 aromatic carbocycles. The third-order valence-electron chi connectivity index (χ3n) is 8.51. The van der Waals surface area contributed by atoms with Crippen molar-refractivity contribution in [1.82, 2.24) is 14.7 Å². The number of carbonyl (C=O) groups excluding carboxylic acids is 4. The first-order valence-corrected chi connectivity index (χ1v) is 13.1. The molecule has 5 rings (SSSR count). The molecule has 4 amide bonds. The standard InChI is InChI=1S/C27H34FN3O4/c28-22-13-7-6-12-21(22)27(17-24(33)31(26(27)35)20-10-4-5-11-20)16-23(32)29-14-15-30(25(34)18-29)19-8-2-1-3-9-19/h6-7,12-13,19-20H,1-5,8-11,14-18H2/t27-/m1/s1. The van der Waals surface area contributed by atoms with Gasteiger partial charge in [0.05, 0.1) is 12.0 Å². The largest absolute Gasteiger partial charge is 0.336 e. The molecular formula is C27H34FN3O4. The van der Waals surface area contributed by atoms with Crippen LogP contribution in [0.3, 0.4) is 0 Å². The zero-order valence-corrected chi connectivity index (χ0v) is 20.2. The van der Waals surface area contributed by atoms with Crippen LogP contribution in [0.25, 0.3) is 0 Å². The first-order chi connectivity index (χ1) is 16.9. The van der Waals surface area contributed by atoms with E-state index in [1.807, 2.05) is 4.90 Å². The summed E-state index contributed by atoms with van der Waals surface area (Å²) in [6.45, 7) is 0.836. The highest BCUT2D eigenvalue weighted by molar-refractivity contribution is 6.11. The minimum Gasteiger partial charge on any atom is -0.336 e. The average molecular weight is 484 g/mol. The zero-order chi connectivity index (χ0) is 24.6.